The fraction of sp³-hybridized carbons (Fsp3) is 0.160. The summed E-state index contributed by atoms with van der Waals surface area (Å²) in [6.07, 6.45) is 1.03. The van der Waals surface area contributed by atoms with Gasteiger partial charge in [0.05, 0.1) is 28.3 Å². The van der Waals surface area contributed by atoms with Gasteiger partial charge in [-0.1, -0.05) is 17.7 Å². The Kier molecular flexibility index (Phi) is 7.87. The number of carboxylic acid groups (broad SMARTS) is 1. The highest BCUT2D eigenvalue weighted by Crippen LogP contribution is 2.31. The van der Waals surface area contributed by atoms with Gasteiger partial charge in [-0.2, -0.15) is 10.5 Å². The number of allylic oxidation sites excluding steroid dienone is 1. The zero-order chi connectivity index (χ0) is 25.7. The summed E-state index contributed by atoms with van der Waals surface area (Å²) in [5.41, 5.74) is 0.919. The van der Waals surface area contributed by atoms with Crippen LogP contribution in [0.1, 0.15) is 48.7 Å². The maximum absolute atomic E-state index is 12.8. The smallest absolute Gasteiger partial charge is 0.348 e. The Bertz CT molecular complexity index is 1450. The quantitative estimate of drug-likeness (QED) is 0.241. The molecule has 0 bridgehead atoms. The molecule has 0 aliphatic rings. The van der Waals surface area contributed by atoms with Crippen molar-refractivity contribution >= 4 is 46.7 Å². The van der Waals surface area contributed by atoms with Crippen LogP contribution in [0.2, 0.25) is 5.02 Å². The first-order valence-electron chi connectivity index (χ1n) is 10.2. The van der Waals surface area contributed by atoms with Crippen LogP contribution in [0.5, 0.6) is 0 Å². The molecule has 0 atom stereocenters. The number of ether oxygens (including phenoxy) is 1. The van der Waals surface area contributed by atoms with E-state index in [0.29, 0.717) is 21.8 Å². The van der Waals surface area contributed by atoms with Crippen molar-refractivity contribution in [2.45, 2.75) is 20.3 Å². The second-order valence-corrected chi connectivity index (χ2v) is 8.67. The van der Waals surface area contributed by atoms with E-state index < -0.39 is 17.7 Å². The average molecular weight is 509 g/mol. The number of halogens is 1. The van der Waals surface area contributed by atoms with Gasteiger partial charge in [0.2, 0.25) is 0 Å². The first-order valence-corrected chi connectivity index (χ1v) is 11.4. The Morgan fingerprint density at radius 1 is 1.23 bits per heavy atom. The number of benzene rings is 1. The maximum atomic E-state index is 12.8. The number of furan rings is 1. The highest BCUT2D eigenvalue weighted by atomic mass is 35.5. The minimum absolute atomic E-state index is 0.0399. The standard InChI is InChI=1S/C25H17ClN2O6S/c1-3-33-25(32)23-13(2)18(12-28)22(35-23)10-20(29)15(11-27)8-16-5-7-21(34-16)14-4-6-17(24(30)31)19(26)9-14/h4-9H,3,10H2,1-2H3,(H,30,31)/b15-8+. The first kappa shape index (κ1) is 25.4. The van der Waals surface area contributed by atoms with E-state index in [1.54, 1.807) is 26.0 Å². The lowest BCUT2D eigenvalue weighted by Gasteiger charge is -2.02. The largest absolute Gasteiger partial charge is 0.478 e. The first-order chi connectivity index (χ1) is 16.7. The number of nitriles is 2. The molecule has 0 spiro atoms. The normalized spacial score (nSPS) is 10.9. The second kappa shape index (κ2) is 10.8. The molecule has 1 N–H and O–H groups in total. The van der Waals surface area contributed by atoms with Gasteiger partial charge in [0, 0.05) is 22.9 Å². The van der Waals surface area contributed by atoms with E-state index in [-0.39, 0.29) is 45.4 Å². The number of hydrogen-bond acceptors (Lipinski definition) is 8. The molecule has 3 aromatic rings. The fourth-order valence-corrected chi connectivity index (χ4v) is 4.63. The molecule has 8 nitrogen and oxygen atoms in total. The number of thiophene rings is 1. The summed E-state index contributed by atoms with van der Waals surface area (Å²) in [7, 11) is 0. The molecule has 0 saturated heterocycles. The van der Waals surface area contributed by atoms with Crippen molar-refractivity contribution in [1.29, 1.82) is 10.5 Å². The van der Waals surface area contributed by atoms with E-state index in [9.17, 15) is 24.9 Å². The van der Waals surface area contributed by atoms with E-state index in [0.717, 1.165) is 11.3 Å². The molecule has 2 aromatic heterocycles. The summed E-state index contributed by atoms with van der Waals surface area (Å²) in [6, 6.07) is 11.3. The van der Waals surface area contributed by atoms with Gasteiger partial charge in [0.25, 0.3) is 0 Å². The number of carboxylic acids is 1. The number of ketones is 1. The summed E-state index contributed by atoms with van der Waals surface area (Å²) in [5, 5.41) is 28.2. The van der Waals surface area contributed by atoms with Crippen molar-refractivity contribution in [2.75, 3.05) is 6.61 Å². The lowest BCUT2D eigenvalue weighted by molar-refractivity contribution is -0.114. The molecule has 2 heterocycles. The SMILES string of the molecule is CCOC(=O)c1sc(CC(=O)/C(C#N)=C/c2ccc(-c3ccc(C(=O)O)c(Cl)c3)o2)c(C#N)c1C. The van der Waals surface area contributed by atoms with Gasteiger partial charge in [-0.3, -0.25) is 4.79 Å². The van der Waals surface area contributed by atoms with Crippen LogP contribution in [0.15, 0.2) is 40.3 Å². The molecule has 0 fully saturated rings. The van der Waals surface area contributed by atoms with E-state index in [4.69, 9.17) is 25.9 Å². The number of carbonyl (C=O) groups is 3. The molecular formula is C25H17ClN2O6S. The van der Waals surface area contributed by atoms with Crippen LogP contribution in [-0.2, 0) is 16.0 Å². The van der Waals surface area contributed by atoms with Crippen LogP contribution in [0, 0.1) is 29.6 Å². The van der Waals surface area contributed by atoms with Crippen LogP contribution < -0.4 is 0 Å². The van der Waals surface area contributed by atoms with Crippen molar-refractivity contribution in [3.05, 3.63) is 73.1 Å². The van der Waals surface area contributed by atoms with Crippen LogP contribution in [0.4, 0.5) is 0 Å². The van der Waals surface area contributed by atoms with E-state index >= 15 is 0 Å². The molecule has 0 aliphatic heterocycles. The van der Waals surface area contributed by atoms with Crippen LogP contribution in [0.25, 0.3) is 17.4 Å². The van der Waals surface area contributed by atoms with E-state index in [2.05, 4.69) is 0 Å². The Hall–Kier alpha value is -4.18. The van der Waals surface area contributed by atoms with Crippen molar-refractivity contribution in [1.82, 2.24) is 0 Å². The summed E-state index contributed by atoms with van der Waals surface area (Å²) < 4.78 is 10.7. The van der Waals surface area contributed by atoms with Crippen molar-refractivity contribution in [3.63, 3.8) is 0 Å². The molecule has 0 radical (unpaired) electrons. The zero-order valence-corrected chi connectivity index (χ0v) is 20.1. The van der Waals surface area contributed by atoms with Gasteiger partial charge in [-0.25, -0.2) is 9.59 Å². The minimum Gasteiger partial charge on any atom is -0.478 e. The number of nitrogens with zero attached hydrogens (tertiary/aromatic N) is 2. The van der Waals surface area contributed by atoms with Crippen molar-refractivity contribution in [2.24, 2.45) is 0 Å². The van der Waals surface area contributed by atoms with Crippen molar-refractivity contribution in [3.8, 4) is 23.5 Å². The lowest BCUT2D eigenvalue weighted by atomic mass is 10.0. The van der Waals surface area contributed by atoms with Gasteiger partial charge in [-0.05, 0) is 43.7 Å². The molecule has 3 rings (SSSR count). The zero-order valence-electron chi connectivity index (χ0n) is 18.5. The maximum Gasteiger partial charge on any atom is 0.348 e. The molecule has 0 unspecified atom stereocenters. The number of hydrogen-bond donors (Lipinski definition) is 1. The number of carbonyl (C=O) groups excluding carboxylic acids is 2. The topological polar surface area (TPSA) is 141 Å². The Labute approximate surface area is 209 Å². The lowest BCUT2D eigenvalue weighted by Crippen LogP contribution is -2.05. The van der Waals surface area contributed by atoms with Gasteiger partial charge >= 0.3 is 11.9 Å². The monoisotopic (exact) mass is 508 g/mol. The third-order valence-corrected chi connectivity index (χ3v) is 6.52. The van der Waals surface area contributed by atoms with Crippen LogP contribution in [0.3, 0.4) is 0 Å². The summed E-state index contributed by atoms with van der Waals surface area (Å²) in [5.74, 6) is -1.69. The van der Waals surface area contributed by atoms with E-state index in [1.807, 2.05) is 12.1 Å². The molecule has 0 amide bonds. The van der Waals surface area contributed by atoms with Gasteiger partial charge < -0.3 is 14.3 Å². The van der Waals surface area contributed by atoms with Gasteiger partial charge in [0.1, 0.15) is 28.5 Å². The second-order valence-electron chi connectivity index (χ2n) is 7.16. The highest BCUT2D eigenvalue weighted by Gasteiger charge is 2.23. The average Bonchev–Trinajstić information content (AvgIpc) is 3.41. The molecule has 10 heteroatoms. The van der Waals surface area contributed by atoms with Crippen molar-refractivity contribution < 1.29 is 28.6 Å². The summed E-state index contributed by atoms with van der Waals surface area (Å²) in [6.45, 7) is 3.45. The van der Waals surface area contributed by atoms with Gasteiger partial charge in [-0.15, -0.1) is 11.3 Å². The summed E-state index contributed by atoms with van der Waals surface area (Å²) in [4.78, 5) is 36.7. The van der Waals surface area contributed by atoms with Crippen LogP contribution in [-0.4, -0.2) is 29.4 Å². The number of Topliss-reactive ketones (excluding diaryl/α,β-unsaturated/α-hetero) is 1. The minimum atomic E-state index is -1.16. The number of esters is 1. The third-order valence-electron chi connectivity index (χ3n) is 4.93. The Balaban J connectivity index is 1.85. The van der Waals surface area contributed by atoms with E-state index in [1.165, 1.54) is 24.3 Å². The molecule has 35 heavy (non-hydrogen) atoms. The number of rotatable bonds is 8. The third kappa shape index (κ3) is 5.49. The fourth-order valence-electron chi connectivity index (χ4n) is 3.22. The Morgan fingerprint density at radius 3 is 2.57 bits per heavy atom. The predicted octanol–water partition coefficient (Wildman–Crippen LogP) is 5.44. The summed E-state index contributed by atoms with van der Waals surface area (Å²) >= 11 is 7.00. The Morgan fingerprint density at radius 2 is 1.97 bits per heavy atom. The number of aromatic carboxylic acids is 1. The highest BCUT2D eigenvalue weighted by molar-refractivity contribution is 7.14. The van der Waals surface area contributed by atoms with Crippen LogP contribution >= 0.6 is 22.9 Å². The predicted molar refractivity (Wildman–Crippen MR) is 128 cm³/mol. The molecule has 1 aromatic carbocycles. The van der Waals surface area contributed by atoms with Gasteiger partial charge in [0.15, 0.2) is 5.78 Å². The molecule has 0 saturated carbocycles. The molecule has 0 aliphatic carbocycles. The molecule has 176 valence electrons. The molecular weight excluding hydrogens is 492 g/mol.